The molecule has 0 saturated heterocycles. The molecule has 2 aromatic rings. The van der Waals surface area contributed by atoms with Crippen molar-refractivity contribution >= 4 is 34.5 Å². The minimum atomic E-state index is 0.161. The number of rotatable bonds is 13. The lowest BCUT2D eigenvalue weighted by atomic mass is 9.79. The third-order valence-corrected chi connectivity index (χ3v) is 6.76. The number of unbranched alkanes of at least 4 members (excludes halogenated alkanes) is 1. The predicted molar refractivity (Wildman–Crippen MR) is 130 cm³/mol. The monoisotopic (exact) mass is 462 g/mol. The van der Waals surface area contributed by atoms with Crippen molar-refractivity contribution in [2.24, 2.45) is 11.8 Å². The van der Waals surface area contributed by atoms with Crippen LogP contribution in [0.2, 0.25) is 0 Å². The van der Waals surface area contributed by atoms with Gasteiger partial charge in [-0.3, -0.25) is 4.79 Å². The Balaban J connectivity index is 1.53. The Labute approximate surface area is 195 Å². The van der Waals surface area contributed by atoms with Gasteiger partial charge < -0.3 is 15.4 Å². The van der Waals surface area contributed by atoms with Crippen LogP contribution in [0.15, 0.2) is 11.4 Å². The highest BCUT2D eigenvalue weighted by Crippen LogP contribution is 2.32. The highest BCUT2D eigenvalue weighted by atomic mass is 32.2. The highest BCUT2D eigenvalue weighted by Gasteiger charge is 2.25. The molecule has 2 heterocycles. The summed E-state index contributed by atoms with van der Waals surface area (Å²) in [6, 6.07) is 0. The van der Waals surface area contributed by atoms with E-state index in [9.17, 15) is 4.79 Å². The van der Waals surface area contributed by atoms with Gasteiger partial charge in [-0.1, -0.05) is 37.9 Å². The normalized spacial score (nSPS) is 18.7. The fourth-order valence-corrected chi connectivity index (χ4v) is 4.71. The number of carbonyl (C=O) groups is 1. The summed E-state index contributed by atoms with van der Waals surface area (Å²) in [4.78, 5) is 21.9. The van der Waals surface area contributed by atoms with Crippen molar-refractivity contribution in [3.8, 4) is 0 Å². The van der Waals surface area contributed by atoms with Gasteiger partial charge in [-0.25, -0.2) is 14.6 Å². The number of anilines is 1. The van der Waals surface area contributed by atoms with Crippen molar-refractivity contribution in [3.05, 3.63) is 6.20 Å². The van der Waals surface area contributed by atoms with Gasteiger partial charge in [0.2, 0.25) is 5.91 Å². The minimum Gasteiger partial charge on any atom is -0.380 e. The number of nitrogens with zero attached hydrogens (tertiary/aromatic N) is 4. The second kappa shape index (κ2) is 13.0. The lowest BCUT2D eigenvalue weighted by molar-refractivity contribution is -0.126. The number of amides is 1. The van der Waals surface area contributed by atoms with E-state index in [1.807, 2.05) is 17.9 Å². The van der Waals surface area contributed by atoms with Crippen LogP contribution in [0, 0.1) is 11.8 Å². The molecule has 2 N–H and O–H groups in total. The molecule has 1 aliphatic carbocycles. The topological polar surface area (TPSA) is 94.0 Å². The maximum absolute atomic E-state index is 12.6. The lowest BCUT2D eigenvalue weighted by Gasteiger charge is -2.27. The number of nitrogens with one attached hydrogen (secondary N) is 2. The second-order valence-corrected chi connectivity index (χ2v) is 9.21. The van der Waals surface area contributed by atoms with Gasteiger partial charge in [0.05, 0.1) is 24.7 Å². The smallest absolute Gasteiger partial charge is 0.223 e. The van der Waals surface area contributed by atoms with E-state index >= 15 is 0 Å². The summed E-state index contributed by atoms with van der Waals surface area (Å²) in [6.07, 6.45) is 12.1. The maximum Gasteiger partial charge on any atom is 0.223 e. The first kappa shape index (κ1) is 24.8. The van der Waals surface area contributed by atoms with E-state index in [4.69, 9.17) is 4.74 Å². The summed E-state index contributed by atoms with van der Waals surface area (Å²) >= 11 is 1.50. The zero-order valence-electron chi connectivity index (χ0n) is 19.7. The summed E-state index contributed by atoms with van der Waals surface area (Å²) in [6.45, 7) is 7.36. The summed E-state index contributed by atoms with van der Waals surface area (Å²) in [5, 5.41) is 12.5. The molecule has 1 saturated carbocycles. The Kier molecular flexibility index (Phi) is 10.1. The molecule has 0 unspecified atom stereocenters. The van der Waals surface area contributed by atoms with Crippen LogP contribution in [0.25, 0.3) is 11.0 Å². The molecule has 3 rings (SSSR count). The molecule has 0 radical (unpaired) electrons. The van der Waals surface area contributed by atoms with E-state index in [1.54, 1.807) is 6.20 Å². The average Bonchev–Trinajstić information content (AvgIpc) is 3.23. The fraction of sp³-hybridized carbons (Fsp3) is 0.739. The number of thioether (sulfide) groups is 1. The van der Waals surface area contributed by atoms with Crippen molar-refractivity contribution in [2.45, 2.75) is 70.5 Å². The standard InChI is InChI=1S/C23H38N6O2S/c1-4-6-7-17-8-10-18(11-9-17)22(30)25-12-14-29-21-19(16-26-29)20(24-13-15-31-5-2)27-23(28-21)32-3/h16-18H,4-15H2,1-3H3,(H,25,30)(H,24,27,28). The third kappa shape index (κ3) is 6.81. The Hall–Kier alpha value is -1.87. The van der Waals surface area contributed by atoms with Gasteiger partial charge in [-0.15, -0.1) is 0 Å². The predicted octanol–water partition coefficient (Wildman–Crippen LogP) is 4.11. The van der Waals surface area contributed by atoms with E-state index in [-0.39, 0.29) is 11.8 Å². The molecule has 2 aromatic heterocycles. The van der Waals surface area contributed by atoms with E-state index < -0.39 is 0 Å². The molecule has 9 heteroatoms. The van der Waals surface area contributed by atoms with Crippen LogP contribution < -0.4 is 10.6 Å². The zero-order chi connectivity index (χ0) is 22.8. The molecule has 1 aliphatic rings. The zero-order valence-corrected chi connectivity index (χ0v) is 20.5. The highest BCUT2D eigenvalue weighted by molar-refractivity contribution is 7.98. The van der Waals surface area contributed by atoms with Crippen molar-refractivity contribution in [3.63, 3.8) is 0 Å². The molecule has 1 fully saturated rings. The number of fused-ring (bicyclic) bond motifs is 1. The molecule has 0 spiro atoms. The molecule has 0 bridgehead atoms. The fourth-order valence-electron chi connectivity index (χ4n) is 4.35. The summed E-state index contributed by atoms with van der Waals surface area (Å²) in [5.74, 6) is 1.94. The van der Waals surface area contributed by atoms with Crippen molar-refractivity contribution in [1.82, 2.24) is 25.1 Å². The van der Waals surface area contributed by atoms with Crippen LogP contribution in [0.1, 0.15) is 58.8 Å². The quantitative estimate of drug-likeness (QED) is 0.263. The first-order chi connectivity index (χ1) is 15.7. The molecular weight excluding hydrogens is 424 g/mol. The van der Waals surface area contributed by atoms with E-state index in [0.717, 1.165) is 35.6 Å². The minimum absolute atomic E-state index is 0.161. The van der Waals surface area contributed by atoms with Gasteiger partial charge in [0.25, 0.3) is 0 Å². The molecule has 0 atom stereocenters. The Bertz CT molecular complexity index is 850. The van der Waals surface area contributed by atoms with Gasteiger partial charge in [0, 0.05) is 25.6 Å². The number of ether oxygens (including phenoxy) is 1. The molecular formula is C23H38N6O2S. The number of carbonyl (C=O) groups excluding carboxylic acids is 1. The molecule has 8 nitrogen and oxygen atoms in total. The summed E-state index contributed by atoms with van der Waals surface area (Å²) in [7, 11) is 0. The second-order valence-electron chi connectivity index (χ2n) is 8.44. The Morgan fingerprint density at radius 2 is 2.03 bits per heavy atom. The van der Waals surface area contributed by atoms with Gasteiger partial charge >= 0.3 is 0 Å². The Morgan fingerprint density at radius 3 is 2.75 bits per heavy atom. The Morgan fingerprint density at radius 1 is 1.22 bits per heavy atom. The van der Waals surface area contributed by atoms with Crippen molar-refractivity contribution in [1.29, 1.82) is 0 Å². The van der Waals surface area contributed by atoms with E-state index in [2.05, 4.69) is 32.6 Å². The molecule has 178 valence electrons. The van der Waals surface area contributed by atoms with Crippen LogP contribution in [0.4, 0.5) is 5.82 Å². The molecule has 1 amide bonds. The van der Waals surface area contributed by atoms with Gasteiger partial charge in [0.15, 0.2) is 10.8 Å². The van der Waals surface area contributed by atoms with Gasteiger partial charge in [-0.2, -0.15) is 5.10 Å². The van der Waals surface area contributed by atoms with Crippen LogP contribution in [0.5, 0.6) is 0 Å². The molecule has 0 aromatic carbocycles. The van der Waals surface area contributed by atoms with Gasteiger partial charge in [-0.05, 0) is 44.8 Å². The number of hydrogen-bond donors (Lipinski definition) is 2. The van der Waals surface area contributed by atoms with Crippen LogP contribution in [-0.2, 0) is 16.1 Å². The summed E-state index contributed by atoms with van der Waals surface area (Å²) in [5.41, 5.74) is 0.786. The summed E-state index contributed by atoms with van der Waals surface area (Å²) < 4.78 is 7.26. The van der Waals surface area contributed by atoms with Crippen LogP contribution >= 0.6 is 11.8 Å². The van der Waals surface area contributed by atoms with E-state index in [0.29, 0.717) is 38.0 Å². The van der Waals surface area contributed by atoms with Crippen molar-refractivity contribution in [2.75, 3.05) is 37.9 Å². The van der Waals surface area contributed by atoms with Crippen LogP contribution in [-0.4, -0.2) is 58.2 Å². The SMILES string of the molecule is CCCCC1CCC(C(=O)NCCn2ncc3c(NCCOCC)nc(SC)nc32)CC1. The van der Waals surface area contributed by atoms with E-state index in [1.165, 1.54) is 43.9 Å². The average molecular weight is 463 g/mol. The third-order valence-electron chi connectivity index (χ3n) is 6.21. The van der Waals surface area contributed by atoms with Crippen LogP contribution in [0.3, 0.4) is 0 Å². The largest absolute Gasteiger partial charge is 0.380 e. The number of hydrogen-bond acceptors (Lipinski definition) is 7. The first-order valence-electron chi connectivity index (χ1n) is 12.0. The lowest BCUT2D eigenvalue weighted by Crippen LogP contribution is -2.35. The first-order valence-corrected chi connectivity index (χ1v) is 13.3. The molecule has 0 aliphatic heterocycles. The number of aromatic nitrogens is 4. The van der Waals surface area contributed by atoms with Gasteiger partial charge in [0.1, 0.15) is 5.82 Å². The maximum atomic E-state index is 12.6. The molecule has 32 heavy (non-hydrogen) atoms. The van der Waals surface area contributed by atoms with Crippen molar-refractivity contribution < 1.29 is 9.53 Å².